The van der Waals surface area contributed by atoms with E-state index in [4.69, 9.17) is 4.98 Å². The number of aliphatic hydroxyl groups is 1. The minimum absolute atomic E-state index is 0.0324. The summed E-state index contributed by atoms with van der Waals surface area (Å²) in [6.07, 6.45) is 3.98. The van der Waals surface area contributed by atoms with Crippen molar-refractivity contribution < 1.29 is 14.7 Å². The highest BCUT2D eigenvalue weighted by molar-refractivity contribution is 7.15. The lowest BCUT2D eigenvalue weighted by Crippen LogP contribution is -2.55. The Labute approximate surface area is 217 Å². The number of piperazine rings is 1. The van der Waals surface area contributed by atoms with Crippen molar-refractivity contribution in [1.82, 2.24) is 19.4 Å². The molecule has 2 aromatic rings. The maximum absolute atomic E-state index is 13.3. The number of aryl methyl sites for hydroxylation is 1. The first-order valence-corrected chi connectivity index (χ1v) is 14.0. The fourth-order valence-electron chi connectivity index (χ4n) is 6.96. The zero-order chi connectivity index (χ0) is 25.8. The average Bonchev–Trinajstić information content (AvgIpc) is 3.44. The molecule has 0 radical (unpaired) electrons. The number of nitrogens with one attached hydrogen (secondary N) is 1. The zero-order valence-corrected chi connectivity index (χ0v) is 22.8. The van der Waals surface area contributed by atoms with E-state index in [1.54, 1.807) is 22.0 Å². The van der Waals surface area contributed by atoms with E-state index >= 15 is 0 Å². The SMILES string of the molecule is C[C@H](C(=O)N1CCN(C)CC1)[C@H]1CC[C@]2(C)Cc3sc(NC(=O)c4cccn4C)nc3[C@@H](C)[C@@H]2[C@H]1O. The molecule has 1 saturated carbocycles. The number of aromatic nitrogens is 2. The number of nitrogens with zero attached hydrogens (tertiary/aromatic N) is 4. The van der Waals surface area contributed by atoms with Crippen LogP contribution in [0.15, 0.2) is 18.3 Å². The van der Waals surface area contributed by atoms with Crippen LogP contribution in [0, 0.1) is 23.2 Å². The van der Waals surface area contributed by atoms with E-state index in [0.29, 0.717) is 10.8 Å². The number of carbonyl (C=O) groups is 2. The van der Waals surface area contributed by atoms with Crippen LogP contribution in [0.25, 0.3) is 0 Å². The number of fused-ring (bicyclic) bond motifs is 2. The Kier molecular flexibility index (Phi) is 6.76. The highest BCUT2D eigenvalue weighted by Gasteiger charge is 2.54. The minimum Gasteiger partial charge on any atom is -0.392 e. The number of hydrogen-bond donors (Lipinski definition) is 2. The molecule has 0 bridgehead atoms. The molecule has 196 valence electrons. The standard InChI is InChI=1S/C27H39N5O3S/c1-16(25(35)32-13-11-30(4)12-14-32)18-8-9-27(3)15-20-22(17(2)21(27)23(18)33)28-26(36-20)29-24(34)19-7-6-10-31(19)5/h6-7,10,16-18,21,23,33H,8-9,11-15H2,1-5H3,(H,28,29,34)/t16-,17-,18+,21+,23-,27+/m0/s1. The molecule has 3 aliphatic rings. The summed E-state index contributed by atoms with van der Waals surface area (Å²) < 4.78 is 1.79. The number of aliphatic hydroxyl groups excluding tert-OH is 1. The van der Waals surface area contributed by atoms with Gasteiger partial charge in [-0.05, 0) is 55.7 Å². The molecule has 0 spiro atoms. The number of carbonyl (C=O) groups excluding carboxylic acids is 2. The Hall–Kier alpha value is -2.23. The first-order chi connectivity index (χ1) is 17.1. The summed E-state index contributed by atoms with van der Waals surface area (Å²) in [5.74, 6) is -0.142. The van der Waals surface area contributed by atoms with Gasteiger partial charge in [-0.25, -0.2) is 4.98 Å². The number of anilines is 1. The Morgan fingerprint density at radius 1 is 1.25 bits per heavy atom. The molecule has 3 heterocycles. The third kappa shape index (κ3) is 4.39. The quantitative estimate of drug-likeness (QED) is 0.655. The topological polar surface area (TPSA) is 90.7 Å². The smallest absolute Gasteiger partial charge is 0.274 e. The van der Waals surface area contributed by atoms with E-state index in [9.17, 15) is 14.7 Å². The van der Waals surface area contributed by atoms with Crippen LogP contribution >= 0.6 is 11.3 Å². The molecule has 5 rings (SSSR count). The van der Waals surface area contributed by atoms with Crippen LogP contribution in [0.5, 0.6) is 0 Å². The molecule has 6 atom stereocenters. The molecule has 2 amide bonds. The number of rotatable bonds is 4. The summed E-state index contributed by atoms with van der Waals surface area (Å²) in [7, 11) is 3.94. The summed E-state index contributed by atoms with van der Waals surface area (Å²) in [6, 6.07) is 3.64. The molecular formula is C27H39N5O3S. The third-order valence-corrected chi connectivity index (χ3v) is 10.2. The van der Waals surface area contributed by atoms with Crippen molar-refractivity contribution in [2.75, 3.05) is 38.5 Å². The van der Waals surface area contributed by atoms with Crippen molar-refractivity contribution in [2.24, 2.45) is 30.2 Å². The zero-order valence-electron chi connectivity index (χ0n) is 22.0. The molecular weight excluding hydrogens is 474 g/mol. The van der Waals surface area contributed by atoms with Gasteiger partial charge in [0.15, 0.2) is 5.13 Å². The molecule has 2 aromatic heterocycles. The number of thiazole rings is 1. The summed E-state index contributed by atoms with van der Waals surface area (Å²) in [5.41, 5.74) is 1.53. The fraction of sp³-hybridized carbons (Fsp3) is 0.667. The van der Waals surface area contributed by atoms with Crippen molar-refractivity contribution >= 4 is 28.3 Å². The van der Waals surface area contributed by atoms with Crippen LogP contribution in [-0.2, 0) is 18.3 Å². The van der Waals surface area contributed by atoms with Gasteiger partial charge in [0, 0.05) is 56.1 Å². The van der Waals surface area contributed by atoms with Crippen LogP contribution in [0.4, 0.5) is 5.13 Å². The van der Waals surface area contributed by atoms with Gasteiger partial charge in [-0.15, -0.1) is 11.3 Å². The van der Waals surface area contributed by atoms with E-state index in [1.165, 1.54) is 4.88 Å². The van der Waals surface area contributed by atoms with Crippen molar-refractivity contribution in [3.05, 3.63) is 34.6 Å². The highest BCUT2D eigenvalue weighted by atomic mass is 32.1. The second-order valence-electron chi connectivity index (χ2n) is 11.5. The summed E-state index contributed by atoms with van der Waals surface area (Å²) >= 11 is 1.56. The van der Waals surface area contributed by atoms with Crippen molar-refractivity contribution in [2.45, 2.75) is 52.1 Å². The number of hydrogen-bond acceptors (Lipinski definition) is 6. The molecule has 0 aromatic carbocycles. The van der Waals surface area contributed by atoms with Gasteiger partial charge in [0.1, 0.15) is 5.69 Å². The lowest BCUT2D eigenvalue weighted by Gasteiger charge is -2.53. The molecule has 2 N–H and O–H groups in total. The molecule has 2 fully saturated rings. The van der Waals surface area contributed by atoms with Gasteiger partial charge in [-0.3, -0.25) is 14.9 Å². The van der Waals surface area contributed by atoms with E-state index in [-0.39, 0.29) is 40.9 Å². The average molecular weight is 514 g/mol. The van der Waals surface area contributed by atoms with Crippen LogP contribution in [0.2, 0.25) is 0 Å². The fourth-order valence-corrected chi connectivity index (χ4v) is 8.22. The molecule has 36 heavy (non-hydrogen) atoms. The number of amides is 2. The van der Waals surface area contributed by atoms with E-state index < -0.39 is 6.10 Å². The van der Waals surface area contributed by atoms with Crippen molar-refractivity contribution in [3.8, 4) is 0 Å². The maximum Gasteiger partial charge on any atom is 0.274 e. The monoisotopic (exact) mass is 513 g/mol. The summed E-state index contributed by atoms with van der Waals surface area (Å²) in [6.45, 7) is 9.78. The first kappa shape index (κ1) is 25.4. The van der Waals surface area contributed by atoms with Crippen molar-refractivity contribution in [1.29, 1.82) is 0 Å². The second kappa shape index (κ2) is 9.58. The molecule has 1 saturated heterocycles. The third-order valence-electron chi connectivity index (χ3n) is 9.17. The largest absolute Gasteiger partial charge is 0.392 e. The normalized spacial score (nSPS) is 31.4. The van der Waals surface area contributed by atoms with Crippen LogP contribution < -0.4 is 5.32 Å². The molecule has 1 aliphatic heterocycles. The second-order valence-corrected chi connectivity index (χ2v) is 12.6. The lowest BCUT2D eigenvalue weighted by molar-refractivity contribution is -0.146. The number of likely N-dealkylation sites (N-methyl/N-ethyl adjacent to an activating group) is 1. The van der Waals surface area contributed by atoms with E-state index in [0.717, 1.165) is 51.1 Å². The lowest BCUT2D eigenvalue weighted by atomic mass is 9.53. The summed E-state index contributed by atoms with van der Waals surface area (Å²) in [4.78, 5) is 36.4. The van der Waals surface area contributed by atoms with Crippen LogP contribution in [0.3, 0.4) is 0 Å². The summed E-state index contributed by atoms with van der Waals surface area (Å²) in [5, 5.41) is 15.3. The van der Waals surface area contributed by atoms with Crippen molar-refractivity contribution in [3.63, 3.8) is 0 Å². The van der Waals surface area contributed by atoms with Gasteiger partial charge in [0.2, 0.25) is 5.91 Å². The van der Waals surface area contributed by atoms with E-state index in [2.05, 4.69) is 31.1 Å². The molecule has 9 heteroatoms. The van der Waals surface area contributed by atoms with Gasteiger partial charge >= 0.3 is 0 Å². The Morgan fingerprint density at radius 3 is 2.64 bits per heavy atom. The van der Waals surface area contributed by atoms with Gasteiger partial charge in [0.05, 0.1) is 11.8 Å². The molecule has 2 aliphatic carbocycles. The highest BCUT2D eigenvalue weighted by Crippen LogP contribution is 2.57. The van der Waals surface area contributed by atoms with Gasteiger partial charge in [-0.1, -0.05) is 20.8 Å². The minimum atomic E-state index is -0.554. The molecule has 8 nitrogen and oxygen atoms in total. The first-order valence-electron chi connectivity index (χ1n) is 13.2. The predicted octanol–water partition coefficient (Wildman–Crippen LogP) is 3.20. The Bertz CT molecular complexity index is 1140. The Morgan fingerprint density at radius 2 is 1.97 bits per heavy atom. The van der Waals surface area contributed by atoms with Crippen LogP contribution in [0.1, 0.15) is 60.6 Å². The van der Waals surface area contributed by atoms with Crippen LogP contribution in [-0.4, -0.2) is 75.6 Å². The maximum atomic E-state index is 13.3. The Balaban J connectivity index is 1.33. The van der Waals surface area contributed by atoms with Gasteiger partial charge < -0.3 is 19.5 Å². The van der Waals surface area contributed by atoms with Gasteiger partial charge in [-0.2, -0.15) is 0 Å². The van der Waals surface area contributed by atoms with E-state index in [1.807, 2.05) is 31.1 Å². The molecule has 0 unspecified atom stereocenters. The van der Waals surface area contributed by atoms with Gasteiger partial charge in [0.25, 0.3) is 5.91 Å². The predicted molar refractivity (Wildman–Crippen MR) is 141 cm³/mol.